The van der Waals surface area contributed by atoms with E-state index in [1.54, 1.807) is 6.21 Å². The molecule has 1 aromatic carbocycles. The number of benzene rings is 1. The standard InChI is InChI=1S/C11H12N4OS/c1-2-16-10-5-3-9(4-6-10)7-13-15-8-12-14-11(15)17/h3-8H,2H2,1H3,(H,14,17)/b13-7-. The molecule has 1 aromatic heterocycles. The van der Waals surface area contributed by atoms with Gasteiger partial charge in [-0.2, -0.15) is 14.9 Å². The molecule has 0 spiro atoms. The summed E-state index contributed by atoms with van der Waals surface area (Å²) in [5.41, 5.74) is 0.969. The minimum absolute atomic E-state index is 0.465. The third kappa shape index (κ3) is 3.01. The van der Waals surface area contributed by atoms with Crippen LogP contribution in [0.15, 0.2) is 35.7 Å². The minimum atomic E-state index is 0.465. The van der Waals surface area contributed by atoms with Gasteiger partial charge in [0.05, 0.1) is 12.8 Å². The monoisotopic (exact) mass is 248 g/mol. The molecule has 17 heavy (non-hydrogen) atoms. The van der Waals surface area contributed by atoms with Gasteiger partial charge in [-0.05, 0) is 49.0 Å². The molecule has 2 aromatic rings. The number of rotatable bonds is 4. The Labute approximate surface area is 104 Å². The highest BCUT2D eigenvalue weighted by Crippen LogP contribution is 2.10. The van der Waals surface area contributed by atoms with Crippen LogP contribution in [-0.2, 0) is 0 Å². The Kier molecular flexibility index (Phi) is 3.66. The molecule has 2 rings (SSSR count). The number of aromatic amines is 1. The molecular formula is C11H12N4OS. The van der Waals surface area contributed by atoms with Crippen LogP contribution in [0.4, 0.5) is 0 Å². The first kappa shape index (κ1) is 11.5. The number of nitrogens with one attached hydrogen (secondary N) is 1. The van der Waals surface area contributed by atoms with Crippen molar-refractivity contribution in [1.82, 2.24) is 14.9 Å². The van der Waals surface area contributed by atoms with E-state index in [-0.39, 0.29) is 0 Å². The molecular weight excluding hydrogens is 236 g/mol. The van der Waals surface area contributed by atoms with Crippen molar-refractivity contribution in [2.24, 2.45) is 5.10 Å². The molecule has 0 aliphatic carbocycles. The molecule has 6 heteroatoms. The SMILES string of the molecule is CCOc1ccc(/C=N\n2cn[nH]c2=S)cc1. The van der Waals surface area contributed by atoms with Crippen molar-refractivity contribution in [3.8, 4) is 5.75 Å². The van der Waals surface area contributed by atoms with Gasteiger partial charge in [0.25, 0.3) is 0 Å². The lowest BCUT2D eigenvalue weighted by Gasteiger charge is -2.01. The van der Waals surface area contributed by atoms with Gasteiger partial charge >= 0.3 is 0 Å². The molecule has 0 radical (unpaired) electrons. The molecule has 0 fully saturated rings. The van der Waals surface area contributed by atoms with E-state index < -0.39 is 0 Å². The molecule has 88 valence electrons. The summed E-state index contributed by atoms with van der Waals surface area (Å²) in [6.07, 6.45) is 3.23. The molecule has 0 aliphatic rings. The number of hydrogen-bond donors (Lipinski definition) is 1. The van der Waals surface area contributed by atoms with E-state index in [4.69, 9.17) is 17.0 Å². The van der Waals surface area contributed by atoms with Crippen molar-refractivity contribution in [3.05, 3.63) is 40.9 Å². The largest absolute Gasteiger partial charge is 0.494 e. The van der Waals surface area contributed by atoms with Crippen LogP contribution in [0.25, 0.3) is 0 Å². The zero-order valence-corrected chi connectivity index (χ0v) is 10.1. The Morgan fingerprint density at radius 2 is 2.24 bits per heavy atom. The average molecular weight is 248 g/mol. The van der Waals surface area contributed by atoms with Gasteiger partial charge in [0, 0.05) is 0 Å². The van der Waals surface area contributed by atoms with E-state index in [0.29, 0.717) is 11.4 Å². The van der Waals surface area contributed by atoms with Crippen molar-refractivity contribution in [2.75, 3.05) is 6.61 Å². The van der Waals surface area contributed by atoms with Crippen molar-refractivity contribution in [3.63, 3.8) is 0 Å². The zero-order chi connectivity index (χ0) is 12.1. The van der Waals surface area contributed by atoms with Crippen molar-refractivity contribution in [1.29, 1.82) is 0 Å². The highest BCUT2D eigenvalue weighted by atomic mass is 32.1. The number of aromatic nitrogens is 3. The summed E-state index contributed by atoms with van der Waals surface area (Å²) in [6, 6.07) is 7.66. The molecule has 0 saturated carbocycles. The first-order valence-corrected chi connectivity index (χ1v) is 5.59. The van der Waals surface area contributed by atoms with Crippen LogP contribution >= 0.6 is 12.2 Å². The molecule has 0 bridgehead atoms. The van der Waals surface area contributed by atoms with Crippen LogP contribution in [0, 0.1) is 4.77 Å². The molecule has 0 amide bonds. The van der Waals surface area contributed by atoms with Crippen LogP contribution in [0.5, 0.6) is 5.75 Å². The van der Waals surface area contributed by atoms with Crippen LogP contribution in [0.2, 0.25) is 0 Å². The topological polar surface area (TPSA) is 55.2 Å². The van der Waals surface area contributed by atoms with Gasteiger partial charge in [-0.1, -0.05) is 0 Å². The molecule has 1 N–H and O–H groups in total. The van der Waals surface area contributed by atoms with Crippen molar-refractivity contribution in [2.45, 2.75) is 6.92 Å². The van der Waals surface area contributed by atoms with E-state index in [0.717, 1.165) is 11.3 Å². The lowest BCUT2D eigenvalue weighted by Crippen LogP contribution is -1.92. The summed E-state index contributed by atoms with van der Waals surface area (Å²) >= 11 is 4.97. The lowest BCUT2D eigenvalue weighted by molar-refractivity contribution is 0.340. The first-order chi connectivity index (χ1) is 8.29. The Balaban J connectivity index is 2.11. The highest BCUT2D eigenvalue weighted by molar-refractivity contribution is 7.71. The summed E-state index contributed by atoms with van der Waals surface area (Å²) in [5, 5.41) is 10.6. The third-order valence-electron chi connectivity index (χ3n) is 2.06. The van der Waals surface area contributed by atoms with Gasteiger partial charge in [-0.3, -0.25) is 5.10 Å². The predicted molar refractivity (Wildman–Crippen MR) is 68.0 cm³/mol. The van der Waals surface area contributed by atoms with Crippen molar-refractivity contribution >= 4 is 18.4 Å². The van der Waals surface area contributed by atoms with Gasteiger partial charge in [0.1, 0.15) is 12.1 Å². The number of hydrogen-bond acceptors (Lipinski definition) is 4. The van der Waals surface area contributed by atoms with E-state index in [9.17, 15) is 0 Å². The summed E-state index contributed by atoms with van der Waals surface area (Å²) in [7, 11) is 0. The zero-order valence-electron chi connectivity index (χ0n) is 9.33. The fourth-order valence-electron chi connectivity index (χ4n) is 1.27. The van der Waals surface area contributed by atoms with Gasteiger partial charge in [0.15, 0.2) is 0 Å². The molecule has 0 unspecified atom stereocenters. The summed E-state index contributed by atoms with van der Waals surface area (Å²) in [6.45, 7) is 2.62. The maximum Gasteiger partial charge on any atom is 0.216 e. The summed E-state index contributed by atoms with van der Waals surface area (Å²) in [5.74, 6) is 0.851. The summed E-state index contributed by atoms with van der Waals surface area (Å²) in [4.78, 5) is 0. The fraction of sp³-hybridized carbons (Fsp3) is 0.182. The molecule has 1 heterocycles. The van der Waals surface area contributed by atoms with E-state index in [1.165, 1.54) is 11.0 Å². The van der Waals surface area contributed by atoms with Crippen LogP contribution < -0.4 is 4.74 Å². The minimum Gasteiger partial charge on any atom is -0.494 e. The van der Waals surface area contributed by atoms with Gasteiger partial charge in [-0.15, -0.1) is 0 Å². The maximum absolute atomic E-state index is 5.35. The second-order valence-corrected chi connectivity index (χ2v) is 3.64. The van der Waals surface area contributed by atoms with Crippen molar-refractivity contribution < 1.29 is 4.74 Å². The number of H-pyrrole nitrogens is 1. The molecule has 0 saturated heterocycles. The highest BCUT2D eigenvalue weighted by Gasteiger charge is 1.93. The second-order valence-electron chi connectivity index (χ2n) is 3.25. The second kappa shape index (κ2) is 5.40. The molecule has 0 aliphatic heterocycles. The molecule has 0 atom stereocenters. The maximum atomic E-state index is 5.35. The van der Waals surface area contributed by atoms with Gasteiger partial charge < -0.3 is 4.74 Å². The average Bonchev–Trinajstić information content (AvgIpc) is 2.75. The van der Waals surface area contributed by atoms with Crippen LogP contribution in [-0.4, -0.2) is 27.7 Å². The number of ether oxygens (including phenoxy) is 1. The third-order valence-corrected chi connectivity index (χ3v) is 2.34. The fourth-order valence-corrected chi connectivity index (χ4v) is 1.42. The van der Waals surface area contributed by atoms with Gasteiger partial charge in [0.2, 0.25) is 4.77 Å². The van der Waals surface area contributed by atoms with Gasteiger partial charge in [-0.25, -0.2) is 0 Å². The Bertz CT molecular complexity index is 555. The van der Waals surface area contributed by atoms with E-state index in [2.05, 4.69) is 15.3 Å². The number of nitrogens with zero attached hydrogens (tertiary/aromatic N) is 3. The smallest absolute Gasteiger partial charge is 0.216 e. The predicted octanol–water partition coefficient (Wildman–Crippen LogP) is 2.22. The molecule has 5 nitrogen and oxygen atoms in total. The van der Waals surface area contributed by atoms with Crippen LogP contribution in [0.1, 0.15) is 12.5 Å². The van der Waals surface area contributed by atoms with E-state index in [1.807, 2.05) is 31.2 Å². The Morgan fingerprint density at radius 1 is 1.47 bits per heavy atom. The van der Waals surface area contributed by atoms with E-state index >= 15 is 0 Å². The Hall–Kier alpha value is -1.95. The lowest BCUT2D eigenvalue weighted by atomic mass is 10.2. The first-order valence-electron chi connectivity index (χ1n) is 5.19. The Morgan fingerprint density at radius 3 is 2.82 bits per heavy atom. The van der Waals surface area contributed by atoms with Crippen LogP contribution in [0.3, 0.4) is 0 Å². The quantitative estimate of drug-likeness (QED) is 0.666. The summed E-state index contributed by atoms with van der Waals surface area (Å²) < 4.78 is 7.31. The normalized spacial score (nSPS) is 10.9.